The first-order valence-corrected chi connectivity index (χ1v) is 8.15. The Morgan fingerprint density at radius 1 is 1.20 bits per heavy atom. The molecule has 108 valence electrons. The smallest absolute Gasteiger partial charge is 0.129 e. The van der Waals surface area contributed by atoms with Crippen LogP contribution < -0.4 is 10.2 Å². The van der Waals surface area contributed by atoms with Crippen LogP contribution >= 0.6 is 11.3 Å². The van der Waals surface area contributed by atoms with Crippen LogP contribution in [0.15, 0.2) is 35.7 Å². The summed E-state index contributed by atoms with van der Waals surface area (Å²) in [5.41, 5.74) is 1.11. The number of thiophene rings is 1. The van der Waals surface area contributed by atoms with E-state index in [2.05, 4.69) is 59.8 Å². The van der Waals surface area contributed by atoms with Crippen LogP contribution in [0.5, 0.6) is 0 Å². The normalized spacial score (nSPS) is 10.7. The van der Waals surface area contributed by atoms with Crippen molar-refractivity contribution in [3.8, 4) is 0 Å². The minimum Gasteiger partial charge on any atom is -0.352 e. The van der Waals surface area contributed by atoms with E-state index < -0.39 is 0 Å². The molecular weight excluding hydrogens is 266 g/mol. The highest BCUT2D eigenvalue weighted by molar-refractivity contribution is 7.09. The van der Waals surface area contributed by atoms with Gasteiger partial charge in [0.2, 0.25) is 0 Å². The standard InChI is InChI=1S/C16H23N3S/c1-3-10-17-12-14-7-5-9-16(18-14)19(4-2)13-15-8-6-11-20-15/h5-9,11,17H,3-4,10,12-13H2,1-2H3. The number of anilines is 1. The fourth-order valence-corrected chi connectivity index (χ4v) is 2.80. The summed E-state index contributed by atoms with van der Waals surface area (Å²) in [6.45, 7) is 8.15. The number of hydrogen-bond acceptors (Lipinski definition) is 4. The van der Waals surface area contributed by atoms with E-state index >= 15 is 0 Å². The van der Waals surface area contributed by atoms with Gasteiger partial charge in [-0.15, -0.1) is 11.3 Å². The van der Waals surface area contributed by atoms with Gasteiger partial charge in [0, 0.05) is 18.0 Å². The van der Waals surface area contributed by atoms with E-state index in [0.717, 1.165) is 44.1 Å². The Kier molecular flexibility index (Phi) is 6.02. The molecule has 0 amide bonds. The van der Waals surface area contributed by atoms with Crippen molar-refractivity contribution in [2.75, 3.05) is 18.0 Å². The Balaban J connectivity index is 2.03. The van der Waals surface area contributed by atoms with Crippen LogP contribution in [0.25, 0.3) is 0 Å². The Morgan fingerprint density at radius 2 is 2.10 bits per heavy atom. The molecule has 3 nitrogen and oxygen atoms in total. The molecule has 4 heteroatoms. The van der Waals surface area contributed by atoms with Crippen molar-refractivity contribution < 1.29 is 0 Å². The summed E-state index contributed by atoms with van der Waals surface area (Å²) in [5.74, 6) is 1.07. The van der Waals surface area contributed by atoms with Crippen LogP contribution in [-0.4, -0.2) is 18.1 Å². The lowest BCUT2D eigenvalue weighted by molar-refractivity contribution is 0.662. The summed E-state index contributed by atoms with van der Waals surface area (Å²) >= 11 is 1.80. The van der Waals surface area contributed by atoms with Crippen LogP contribution in [-0.2, 0) is 13.1 Å². The average Bonchev–Trinajstić information content (AvgIpc) is 2.98. The Hall–Kier alpha value is -1.39. The van der Waals surface area contributed by atoms with Crippen LogP contribution in [0, 0.1) is 0 Å². The van der Waals surface area contributed by atoms with Gasteiger partial charge < -0.3 is 10.2 Å². The van der Waals surface area contributed by atoms with Gasteiger partial charge in [0.25, 0.3) is 0 Å². The molecule has 0 aliphatic heterocycles. The number of hydrogen-bond donors (Lipinski definition) is 1. The molecule has 0 fully saturated rings. The molecule has 0 saturated heterocycles. The van der Waals surface area contributed by atoms with Crippen LogP contribution in [0.4, 0.5) is 5.82 Å². The topological polar surface area (TPSA) is 28.2 Å². The first-order chi connectivity index (χ1) is 9.83. The quantitative estimate of drug-likeness (QED) is 0.752. The lowest BCUT2D eigenvalue weighted by atomic mass is 10.3. The van der Waals surface area contributed by atoms with Crippen LogP contribution in [0.3, 0.4) is 0 Å². The lowest BCUT2D eigenvalue weighted by Gasteiger charge is -2.21. The van der Waals surface area contributed by atoms with Gasteiger partial charge in [-0.1, -0.05) is 19.1 Å². The van der Waals surface area contributed by atoms with Crippen molar-refractivity contribution in [2.45, 2.75) is 33.4 Å². The third kappa shape index (κ3) is 4.32. The number of nitrogens with zero attached hydrogens (tertiary/aromatic N) is 2. The number of rotatable bonds is 8. The Labute approximate surface area is 125 Å². The summed E-state index contributed by atoms with van der Waals surface area (Å²) in [6.07, 6.45) is 1.15. The molecule has 0 unspecified atom stereocenters. The van der Waals surface area contributed by atoms with Gasteiger partial charge in [-0.3, -0.25) is 0 Å². The molecule has 2 heterocycles. The molecule has 0 aromatic carbocycles. The zero-order valence-electron chi connectivity index (χ0n) is 12.3. The first-order valence-electron chi connectivity index (χ1n) is 7.27. The van der Waals surface area contributed by atoms with Crippen molar-refractivity contribution in [2.24, 2.45) is 0 Å². The predicted molar refractivity (Wildman–Crippen MR) is 87.3 cm³/mol. The molecule has 1 N–H and O–H groups in total. The minimum absolute atomic E-state index is 0.845. The monoisotopic (exact) mass is 289 g/mol. The molecule has 0 spiro atoms. The maximum atomic E-state index is 4.76. The maximum Gasteiger partial charge on any atom is 0.129 e. The highest BCUT2D eigenvalue weighted by atomic mass is 32.1. The number of pyridine rings is 1. The number of aromatic nitrogens is 1. The van der Waals surface area contributed by atoms with Gasteiger partial charge in [0.1, 0.15) is 5.82 Å². The third-order valence-corrected chi connectivity index (χ3v) is 4.02. The van der Waals surface area contributed by atoms with Crippen molar-refractivity contribution in [3.63, 3.8) is 0 Å². The molecule has 2 aromatic rings. The highest BCUT2D eigenvalue weighted by Crippen LogP contribution is 2.17. The summed E-state index contributed by atoms with van der Waals surface area (Å²) in [5, 5.41) is 5.53. The van der Waals surface area contributed by atoms with Crippen molar-refractivity contribution in [3.05, 3.63) is 46.3 Å². The van der Waals surface area contributed by atoms with Crippen molar-refractivity contribution in [1.29, 1.82) is 0 Å². The molecule has 2 rings (SSSR count). The minimum atomic E-state index is 0.845. The van der Waals surface area contributed by atoms with Gasteiger partial charge in [-0.05, 0) is 43.5 Å². The maximum absolute atomic E-state index is 4.76. The summed E-state index contributed by atoms with van der Waals surface area (Å²) in [6, 6.07) is 10.6. The molecule has 0 saturated carbocycles. The second-order valence-electron chi connectivity index (χ2n) is 4.76. The molecule has 0 aliphatic rings. The fraction of sp³-hybridized carbons (Fsp3) is 0.438. The molecule has 20 heavy (non-hydrogen) atoms. The van der Waals surface area contributed by atoms with E-state index in [-0.39, 0.29) is 0 Å². The molecule has 2 aromatic heterocycles. The average molecular weight is 289 g/mol. The Bertz CT molecular complexity index is 496. The summed E-state index contributed by atoms with van der Waals surface area (Å²) in [7, 11) is 0. The van der Waals surface area contributed by atoms with Gasteiger partial charge in [-0.2, -0.15) is 0 Å². The van der Waals surface area contributed by atoms with E-state index in [1.54, 1.807) is 11.3 Å². The van der Waals surface area contributed by atoms with E-state index in [1.165, 1.54) is 4.88 Å². The first kappa shape index (κ1) is 15.0. The van der Waals surface area contributed by atoms with E-state index in [4.69, 9.17) is 4.98 Å². The van der Waals surface area contributed by atoms with E-state index in [9.17, 15) is 0 Å². The third-order valence-electron chi connectivity index (χ3n) is 3.16. The van der Waals surface area contributed by atoms with E-state index in [1.807, 2.05) is 0 Å². The fourth-order valence-electron chi connectivity index (χ4n) is 2.08. The van der Waals surface area contributed by atoms with Crippen molar-refractivity contribution in [1.82, 2.24) is 10.3 Å². The van der Waals surface area contributed by atoms with Gasteiger partial charge in [-0.25, -0.2) is 4.98 Å². The van der Waals surface area contributed by atoms with Gasteiger partial charge in [0.05, 0.1) is 12.2 Å². The predicted octanol–water partition coefficient (Wildman–Crippen LogP) is 3.67. The van der Waals surface area contributed by atoms with Gasteiger partial charge >= 0.3 is 0 Å². The second kappa shape index (κ2) is 8.02. The SMILES string of the molecule is CCCNCc1cccc(N(CC)Cc2cccs2)n1. The zero-order chi connectivity index (χ0) is 14.2. The summed E-state index contributed by atoms with van der Waals surface area (Å²) < 4.78 is 0. The highest BCUT2D eigenvalue weighted by Gasteiger charge is 2.08. The Morgan fingerprint density at radius 3 is 2.80 bits per heavy atom. The molecule has 0 radical (unpaired) electrons. The summed E-state index contributed by atoms with van der Waals surface area (Å²) in [4.78, 5) is 8.46. The molecule has 0 bridgehead atoms. The second-order valence-corrected chi connectivity index (χ2v) is 5.79. The van der Waals surface area contributed by atoms with Crippen LogP contribution in [0.1, 0.15) is 30.8 Å². The lowest BCUT2D eigenvalue weighted by Crippen LogP contribution is -2.23. The zero-order valence-corrected chi connectivity index (χ0v) is 13.1. The molecule has 0 atom stereocenters. The largest absolute Gasteiger partial charge is 0.352 e. The van der Waals surface area contributed by atoms with Crippen molar-refractivity contribution >= 4 is 17.2 Å². The van der Waals surface area contributed by atoms with E-state index in [0.29, 0.717) is 0 Å². The number of nitrogens with one attached hydrogen (secondary N) is 1. The van der Waals surface area contributed by atoms with Crippen LogP contribution in [0.2, 0.25) is 0 Å². The molecule has 0 aliphatic carbocycles. The molecular formula is C16H23N3S. The van der Waals surface area contributed by atoms with Gasteiger partial charge in [0.15, 0.2) is 0 Å².